The maximum absolute atomic E-state index is 12.7. The number of pyridine rings is 1. The Morgan fingerprint density at radius 3 is 3.00 bits per heavy atom. The average molecular weight is 152 g/mol. The Hall–Kier alpha value is -1.58. The lowest BCUT2D eigenvalue weighted by Crippen LogP contribution is -1.74. The van der Waals surface area contributed by atoms with Crippen molar-refractivity contribution in [2.24, 2.45) is 0 Å². The van der Waals surface area contributed by atoms with Crippen molar-refractivity contribution in [2.45, 2.75) is 0 Å². The van der Waals surface area contributed by atoms with Gasteiger partial charge in [0.2, 0.25) is 0 Å². The van der Waals surface area contributed by atoms with Gasteiger partial charge in [-0.25, -0.2) is 4.39 Å². The fourth-order valence-corrected chi connectivity index (χ4v) is 0.996. The molecule has 0 aliphatic heterocycles. The van der Waals surface area contributed by atoms with E-state index in [1.807, 2.05) is 0 Å². The first kappa shape index (κ1) is 6.15. The second-order valence-electron chi connectivity index (χ2n) is 2.22. The van der Waals surface area contributed by atoms with Crippen molar-refractivity contribution in [2.75, 3.05) is 0 Å². The number of aromatic amines is 1. The number of rotatable bonds is 0. The number of hydrogen-bond donors (Lipinski definition) is 2. The fraction of sp³-hybridized carbons (Fsp3) is 0. The van der Waals surface area contributed by atoms with Crippen molar-refractivity contribution in [3.05, 3.63) is 24.4 Å². The van der Waals surface area contributed by atoms with Gasteiger partial charge in [-0.05, 0) is 0 Å². The highest BCUT2D eigenvalue weighted by molar-refractivity contribution is 5.84. The number of H-pyrrole nitrogens is 1. The van der Waals surface area contributed by atoms with Crippen LogP contribution in [0.4, 0.5) is 4.39 Å². The number of fused-ring (bicyclic) bond motifs is 1. The van der Waals surface area contributed by atoms with Crippen LogP contribution in [0.1, 0.15) is 0 Å². The zero-order valence-electron chi connectivity index (χ0n) is 5.50. The molecule has 0 aromatic carbocycles. The molecule has 0 amide bonds. The van der Waals surface area contributed by atoms with E-state index < -0.39 is 5.82 Å². The highest BCUT2D eigenvalue weighted by Crippen LogP contribution is 2.22. The van der Waals surface area contributed by atoms with Gasteiger partial charge in [0.1, 0.15) is 5.82 Å². The Balaban J connectivity index is 2.94. The Morgan fingerprint density at radius 2 is 2.27 bits per heavy atom. The van der Waals surface area contributed by atoms with E-state index in [1.54, 1.807) is 0 Å². The first-order valence-corrected chi connectivity index (χ1v) is 3.08. The van der Waals surface area contributed by atoms with E-state index in [9.17, 15) is 4.39 Å². The molecule has 2 aromatic heterocycles. The minimum atomic E-state index is -0.400. The van der Waals surface area contributed by atoms with Crippen LogP contribution < -0.4 is 0 Å². The molecule has 0 radical (unpaired) electrons. The van der Waals surface area contributed by atoms with Crippen LogP contribution in [0.2, 0.25) is 0 Å². The van der Waals surface area contributed by atoms with E-state index in [0.29, 0.717) is 10.9 Å². The molecule has 2 aromatic rings. The first-order valence-electron chi connectivity index (χ1n) is 3.08. The summed E-state index contributed by atoms with van der Waals surface area (Å²) >= 11 is 0. The summed E-state index contributed by atoms with van der Waals surface area (Å²) in [6.45, 7) is 0. The summed E-state index contributed by atoms with van der Waals surface area (Å²) in [5.41, 5.74) is 0.387. The molecule has 4 heteroatoms. The molecule has 11 heavy (non-hydrogen) atoms. The van der Waals surface area contributed by atoms with Crippen LogP contribution in [0.25, 0.3) is 10.9 Å². The smallest absolute Gasteiger partial charge is 0.158 e. The van der Waals surface area contributed by atoms with Crippen LogP contribution in [0.5, 0.6) is 5.75 Å². The predicted molar refractivity (Wildman–Crippen MR) is 37.7 cm³/mol. The maximum Gasteiger partial charge on any atom is 0.158 e. The standard InChI is InChI=1S/C7H5FN2O/c8-5-2-10-7-4(5)1-9-3-6(7)11/h1-3,10-11H. The van der Waals surface area contributed by atoms with Crippen molar-refractivity contribution >= 4 is 10.9 Å². The fourth-order valence-electron chi connectivity index (χ4n) is 0.996. The van der Waals surface area contributed by atoms with Crippen LogP contribution in [0.15, 0.2) is 18.6 Å². The van der Waals surface area contributed by atoms with Crippen molar-refractivity contribution in [1.82, 2.24) is 9.97 Å². The lowest BCUT2D eigenvalue weighted by molar-refractivity contribution is 0.478. The van der Waals surface area contributed by atoms with Gasteiger partial charge in [-0.3, -0.25) is 4.98 Å². The monoisotopic (exact) mass is 152 g/mol. The van der Waals surface area contributed by atoms with Crippen LogP contribution in [-0.4, -0.2) is 15.1 Å². The molecule has 0 saturated carbocycles. The number of hydrogen-bond acceptors (Lipinski definition) is 2. The van der Waals surface area contributed by atoms with Gasteiger partial charge in [-0.1, -0.05) is 0 Å². The van der Waals surface area contributed by atoms with Crippen LogP contribution in [0, 0.1) is 5.82 Å². The third-order valence-electron chi connectivity index (χ3n) is 1.53. The highest BCUT2D eigenvalue weighted by Gasteiger charge is 2.05. The summed E-state index contributed by atoms with van der Waals surface area (Å²) < 4.78 is 12.7. The minimum absolute atomic E-state index is 0.0357. The summed E-state index contributed by atoms with van der Waals surface area (Å²) in [6, 6.07) is 0. The molecule has 0 spiro atoms. The number of nitrogens with zero attached hydrogens (tertiary/aromatic N) is 1. The predicted octanol–water partition coefficient (Wildman–Crippen LogP) is 1.41. The molecule has 0 unspecified atom stereocenters. The van der Waals surface area contributed by atoms with E-state index in [-0.39, 0.29) is 5.75 Å². The molecule has 0 aliphatic carbocycles. The van der Waals surface area contributed by atoms with Gasteiger partial charge in [0.15, 0.2) is 5.75 Å². The molecular weight excluding hydrogens is 147 g/mol. The van der Waals surface area contributed by atoms with Crippen molar-refractivity contribution < 1.29 is 9.50 Å². The van der Waals surface area contributed by atoms with Gasteiger partial charge >= 0.3 is 0 Å². The molecule has 2 N–H and O–H groups in total. The van der Waals surface area contributed by atoms with Crippen molar-refractivity contribution in [3.8, 4) is 5.75 Å². The SMILES string of the molecule is Oc1cncc2c(F)c[nH]c12. The molecule has 0 fully saturated rings. The maximum atomic E-state index is 12.7. The quantitative estimate of drug-likeness (QED) is 0.599. The van der Waals surface area contributed by atoms with Crippen LogP contribution in [-0.2, 0) is 0 Å². The lowest BCUT2D eigenvalue weighted by atomic mass is 10.3. The van der Waals surface area contributed by atoms with Gasteiger partial charge in [0, 0.05) is 12.4 Å². The first-order chi connectivity index (χ1) is 5.29. The molecule has 3 nitrogen and oxygen atoms in total. The van der Waals surface area contributed by atoms with E-state index in [1.165, 1.54) is 18.6 Å². The number of aromatic hydroxyl groups is 1. The average Bonchev–Trinajstić information content (AvgIpc) is 2.35. The second kappa shape index (κ2) is 1.95. The van der Waals surface area contributed by atoms with Gasteiger partial charge in [0.05, 0.1) is 17.1 Å². The molecular formula is C7H5FN2O. The molecule has 2 rings (SSSR count). The van der Waals surface area contributed by atoms with Crippen molar-refractivity contribution in [3.63, 3.8) is 0 Å². The summed E-state index contributed by atoms with van der Waals surface area (Å²) in [5.74, 6) is -0.435. The van der Waals surface area contributed by atoms with E-state index >= 15 is 0 Å². The third kappa shape index (κ3) is 0.756. The Morgan fingerprint density at radius 1 is 1.45 bits per heavy atom. The summed E-state index contributed by atoms with van der Waals surface area (Å²) in [4.78, 5) is 6.23. The lowest BCUT2D eigenvalue weighted by Gasteiger charge is -1.91. The molecule has 0 aliphatic rings. The number of halogens is 1. The summed E-state index contributed by atoms with van der Waals surface area (Å²) in [6.07, 6.45) is 3.81. The highest BCUT2D eigenvalue weighted by atomic mass is 19.1. The zero-order valence-corrected chi connectivity index (χ0v) is 5.50. The zero-order chi connectivity index (χ0) is 7.84. The van der Waals surface area contributed by atoms with Gasteiger partial charge in [-0.2, -0.15) is 0 Å². The van der Waals surface area contributed by atoms with Gasteiger partial charge < -0.3 is 10.1 Å². The van der Waals surface area contributed by atoms with E-state index in [2.05, 4.69) is 9.97 Å². The van der Waals surface area contributed by atoms with Gasteiger partial charge in [0.25, 0.3) is 0 Å². The van der Waals surface area contributed by atoms with E-state index in [4.69, 9.17) is 5.11 Å². The number of aromatic nitrogens is 2. The minimum Gasteiger partial charge on any atom is -0.504 e. The molecule has 0 saturated heterocycles. The third-order valence-corrected chi connectivity index (χ3v) is 1.53. The Kier molecular flexibility index (Phi) is 1.09. The van der Waals surface area contributed by atoms with Gasteiger partial charge in [-0.15, -0.1) is 0 Å². The summed E-state index contributed by atoms with van der Waals surface area (Å²) in [7, 11) is 0. The van der Waals surface area contributed by atoms with E-state index in [0.717, 1.165) is 0 Å². The largest absolute Gasteiger partial charge is 0.504 e. The molecule has 56 valence electrons. The van der Waals surface area contributed by atoms with Crippen LogP contribution >= 0.6 is 0 Å². The van der Waals surface area contributed by atoms with Crippen LogP contribution in [0.3, 0.4) is 0 Å². The number of nitrogens with one attached hydrogen (secondary N) is 1. The Bertz CT molecular complexity index is 396. The molecule has 2 heterocycles. The topological polar surface area (TPSA) is 48.9 Å². The molecule has 0 bridgehead atoms. The normalized spacial score (nSPS) is 10.6. The Labute approximate surface area is 61.5 Å². The molecule has 0 atom stereocenters. The second-order valence-corrected chi connectivity index (χ2v) is 2.22. The summed E-state index contributed by atoms with van der Waals surface area (Å²) in [5, 5.41) is 9.43. The van der Waals surface area contributed by atoms with Crippen molar-refractivity contribution in [1.29, 1.82) is 0 Å².